The van der Waals surface area contributed by atoms with Crippen LogP contribution in [0.5, 0.6) is 11.5 Å². The van der Waals surface area contributed by atoms with E-state index in [9.17, 15) is 9.59 Å². The molecule has 0 unspecified atom stereocenters. The number of carbonyl (C=O) groups excluding carboxylic acids is 2. The molecule has 0 aliphatic carbocycles. The van der Waals surface area contributed by atoms with Crippen molar-refractivity contribution in [3.05, 3.63) is 60.2 Å². The molecular formula is C19H20N2O4. The number of rotatable bonds is 5. The summed E-state index contributed by atoms with van der Waals surface area (Å²) in [6.07, 6.45) is 0.354. The minimum atomic E-state index is -0.671. The molecule has 0 bridgehead atoms. The fourth-order valence-electron chi connectivity index (χ4n) is 2.50. The third-order valence-corrected chi connectivity index (χ3v) is 3.81. The highest BCUT2D eigenvalue weighted by Gasteiger charge is 2.22. The average molecular weight is 340 g/mol. The number of carbonyl (C=O) groups is 2. The Morgan fingerprint density at radius 1 is 0.920 bits per heavy atom. The van der Waals surface area contributed by atoms with Gasteiger partial charge in [-0.05, 0) is 24.1 Å². The largest absolute Gasteiger partial charge is 0.486 e. The number of ether oxygens (including phenoxy) is 2. The van der Waals surface area contributed by atoms with E-state index in [-0.39, 0.29) is 12.6 Å². The molecule has 6 heteroatoms. The Balaban J connectivity index is 1.38. The van der Waals surface area contributed by atoms with Gasteiger partial charge in [-0.2, -0.15) is 0 Å². The zero-order valence-electron chi connectivity index (χ0n) is 13.7. The Hall–Kier alpha value is -3.02. The fourth-order valence-corrected chi connectivity index (χ4v) is 2.50. The molecule has 25 heavy (non-hydrogen) atoms. The van der Waals surface area contributed by atoms with Gasteiger partial charge in [0.25, 0.3) is 0 Å². The van der Waals surface area contributed by atoms with E-state index in [4.69, 9.17) is 9.47 Å². The van der Waals surface area contributed by atoms with Crippen molar-refractivity contribution in [3.8, 4) is 11.5 Å². The summed E-state index contributed by atoms with van der Waals surface area (Å²) in [5, 5.41) is 5.19. The van der Waals surface area contributed by atoms with Gasteiger partial charge >= 0.3 is 11.8 Å². The maximum atomic E-state index is 11.9. The van der Waals surface area contributed by atoms with Crippen molar-refractivity contribution in [1.29, 1.82) is 0 Å². The van der Waals surface area contributed by atoms with Crippen molar-refractivity contribution in [2.45, 2.75) is 12.5 Å². The van der Waals surface area contributed by atoms with Crippen LogP contribution in [0.1, 0.15) is 5.56 Å². The summed E-state index contributed by atoms with van der Waals surface area (Å²) in [5.74, 6) is 0.00706. The van der Waals surface area contributed by atoms with Gasteiger partial charge in [-0.25, -0.2) is 0 Å². The summed E-state index contributed by atoms with van der Waals surface area (Å²) >= 11 is 0. The smallest absolute Gasteiger partial charge is 0.309 e. The molecule has 0 fully saturated rings. The second kappa shape index (κ2) is 8.19. The summed E-state index contributed by atoms with van der Waals surface area (Å²) in [6, 6.07) is 17.1. The first-order valence-corrected chi connectivity index (χ1v) is 8.21. The van der Waals surface area contributed by atoms with Crippen molar-refractivity contribution in [2.75, 3.05) is 19.7 Å². The van der Waals surface area contributed by atoms with Crippen molar-refractivity contribution < 1.29 is 19.1 Å². The predicted octanol–water partition coefficient (Wildman–Crippen LogP) is 1.30. The summed E-state index contributed by atoms with van der Waals surface area (Å²) in [6.45, 7) is 0.943. The van der Waals surface area contributed by atoms with Crippen LogP contribution in [0, 0.1) is 0 Å². The topological polar surface area (TPSA) is 76.7 Å². The molecule has 0 saturated carbocycles. The Morgan fingerprint density at radius 3 is 2.40 bits per heavy atom. The lowest BCUT2D eigenvalue weighted by molar-refractivity contribution is -0.139. The van der Waals surface area contributed by atoms with Gasteiger partial charge in [0.05, 0.1) is 6.54 Å². The summed E-state index contributed by atoms with van der Waals surface area (Å²) in [5.41, 5.74) is 1.11. The first-order chi connectivity index (χ1) is 12.2. The van der Waals surface area contributed by atoms with Crippen LogP contribution in [0.2, 0.25) is 0 Å². The Kier molecular flexibility index (Phi) is 5.51. The number of hydrogen-bond donors (Lipinski definition) is 2. The molecule has 2 amide bonds. The van der Waals surface area contributed by atoms with E-state index in [0.717, 1.165) is 5.56 Å². The van der Waals surface area contributed by atoms with Crippen LogP contribution in [0.3, 0.4) is 0 Å². The van der Waals surface area contributed by atoms with E-state index in [2.05, 4.69) is 10.6 Å². The van der Waals surface area contributed by atoms with Crippen molar-refractivity contribution in [1.82, 2.24) is 10.6 Å². The first kappa shape index (κ1) is 16.8. The minimum Gasteiger partial charge on any atom is -0.486 e. The van der Waals surface area contributed by atoms with Crippen molar-refractivity contribution >= 4 is 11.8 Å². The first-order valence-electron chi connectivity index (χ1n) is 8.21. The van der Waals surface area contributed by atoms with E-state index >= 15 is 0 Å². The van der Waals surface area contributed by atoms with Gasteiger partial charge in [-0.1, -0.05) is 42.5 Å². The second-order valence-corrected chi connectivity index (χ2v) is 5.70. The lowest BCUT2D eigenvalue weighted by Gasteiger charge is -2.26. The van der Waals surface area contributed by atoms with Gasteiger partial charge in [0.1, 0.15) is 12.7 Å². The van der Waals surface area contributed by atoms with Gasteiger partial charge < -0.3 is 20.1 Å². The van der Waals surface area contributed by atoms with E-state index in [1.807, 2.05) is 48.5 Å². The van der Waals surface area contributed by atoms with E-state index in [1.165, 1.54) is 0 Å². The molecule has 0 aromatic heterocycles. The molecule has 1 aliphatic rings. The molecule has 0 radical (unpaired) electrons. The Morgan fingerprint density at radius 2 is 1.60 bits per heavy atom. The zero-order valence-corrected chi connectivity index (χ0v) is 13.7. The average Bonchev–Trinajstić information content (AvgIpc) is 2.66. The molecule has 1 atom stereocenters. The molecular weight excluding hydrogens is 320 g/mol. The Labute approximate surface area is 146 Å². The molecule has 2 N–H and O–H groups in total. The number of para-hydroxylation sites is 2. The molecule has 130 valence electrons. The molecule has 2 aromatic rings. The summed E-state index contributed by atoms with van der Waals surface area (Å²) in [7, 11) is 0. The van der Waals surface area contributed by atoms with Gasteiger partial charge in [0.15, 0.2) is 11.5 Å². The third-order valence-electron chi connectivity index (χ3n) is 3.81. The lowest BCUT2D eigenvalue weighted by atomic mass is 10.1. The van der Waals surface area contributed by atoms with Crippen LogP contribution in [-0.4, -0.2) is 37.6 Å². The molecule has 6 nitrogen and oxygen atoms in total. The zero-order chi connectivity index (χ0) is 17.5. The standard InChI is InChI=1S/C19H20N2O4/c22-18(20-11-10-14-6-2-1-3-7-14)19(23)21-12-15-13-24-16-8-4-5-9-17(16)25-15/h1-9,15H,10-13H2,(H,20,22)(H,21,23)/t15-/m1/s1. The van der Waals surface area contributed by atoms with E-state index < -0.39 is 11.8 Å². The van der Waals surface area contributed by atoms with Gasteiger partial charge in [0, 0.05) is 6.54 Å². The quantitative estimate of drug-likeness (QED) is 0.805. The molecule has 2 aromatic carbocycles. The fraction of sp³-hybridized carbons (Fsp3) is 0.263. The van der Waals surface area contributed by atoms with Crippen molar-refractivity contribution in [2.24, 2.45) is 0 Å². The molecule has 1 aliphatic heterocycles. The molecule has 0 saturated heterocycles. The monoisotopic (exact) mass is 340 g/mol. The summed E-state index contributed by atoms with van der Waals surface area (Å²) < 4.78 is 11.3. The lowest BCUT2D eigenvalue weighted by Crippen LogP contribution is -2.46. The van der Waals surface area contributed by atoms with Gasteiger partial charge in [-0.15, -0.1) is 0 Å². The number of benzene rings is 2. The molecule has 3 rings (SSSR count). The number of hydrogen-bond acceptors (Lipinski definition) is 4. The number of amides is 2. The second-order valence-electron chi connectivity index (χ2n) is 5.70. The van der Waals surface area contributed by atoms with Crippen LogP contribution < -0.4 is 20.1 Å². The molecule has 0 spiro atoms. The number of fused-ring (bicyclic) bond motifs is 1. The number of nitrogens with one attached hydrogen (secondary N) is 2. The van der Waals surface area contributed by atoms with Crippen LogP contribution in [0.15, 0.2) is 54.6 Å². The highest BCUT2D eigenvalue weighted by Crippen LogP contribution is 2.30. The SMILES string of the molecule is O=C(NCCc1ccccc1)C(=O)NC[C@@H]1COc2ccccc2O1. The predicted molar refractivity (Wildman–Crippen MR) is 92.5 cm³/mol. The van der Waals surface area contributed by atoms with Crippen molar-refractivity contribution in [3.63, 3.8) is 0 Å². The van der Waals surface area contributed by atoms with Crippen LogP contribution >= 0.6 is 0 Å². The summed E-state index contributed by atoms with van der Waals surface area (Å²) in [4.78, 5) is 23.7. The van der Waals surface area contributed by atoms with Crippen LogP contribution in [0.4, 0.5) is 0 Å². The van der Waals surface area contributed by atoms with Gasteiger partial charge in [-0.3, -0.25) is 9.59 Å². The highest BCUT2D eigenvalue weighted by molar-refractivity contribution is 6.35. The van der Waals surface area contributed by atoms with Crippen LogP contribution in [-0.2, 0) is 16.0 Å². The van der Waals surface area contributed by atoms with E-state index in [1.54, 1.807) is 6.07 Å². The Bertz CT molecular complexity index is 733. The minimum absolute atomic E-state index is 0.208. The van der Waals surface area contributed by atoms with Crippen LogP contribution in [0.25, 0.3) is 0 Å². The van der Waals surface area contributed by atoms with Gasteiger partial charge in [0.2, 0.25) is 0 Å². The maximum Gasteiger partial charge on any atom is 0.309 e. The van der Waals surface area contributed by atoms with E-state index in [0.29, 0.717) is 31.1 Å². The normalized spacial score (nSPS) is 15.3. The third kappa shape index (κ3) is 4.73. The highest BCUT2D eigenvalue weighted by atomic mass is 16.6. The maximum absolute atomic E-state index is 11.9. The molecule has 1 heterocycles.